The van der Waals surface area contributed by atoms with Gasteiger partial charge in [0.05, 0.1) is 12.0 Å². The van der Waals surface area contributed by atoms with Crippen LogP contribution in [0.25, 0.3) is 10.9 Å². The molecule has 0 aliphatic carbocycles. The van der Waals surface area contributed by atoms with E-state index in [2.05, 4.69) is 21.2 Å². The Morgan fingerprint density at radius 3 is 2.56 bits per heavy atom. The Hall–Kier alpha value is -3.15. The van der Waals surface area contributed by atoms with Crippen molar-refractivity contribution in [2.24, 2.45) is 5.14 Å². The Kier molecular flexibility index (Phi) is 4.27. The summed E-state index contributed by atoms with van der Waals surface area (Å²) in [5.74, 6) is 3.43. The van der Waals surface area contributed by atoms with Gasteiger partial charge < -0.3 is 10.1 Å². The number of methoxy groups -OCH3 is 1. The van der Waals surface area contributed by atoms with E-state index < -0.39 is 10.0 Å². The van der Waals surface area contributed by atoms with Gasteiger partial charge in [-0.2, -0.15) is 0 Å². The molecule has 8 heteroatoms. The average molecular weight is 354 g/mol. The lowest BCUT2D eigenvalue weighted by molar-refractivity contribution is 0.419. The summed E-state index contributed by atoms with van der Waals surface area (Å²) >= 11 is 0. The summed E-state index contributed by atoms with van der Waals surface area (Å²) in [5.41, 5.74) is 1.90. The van der Waals surface area contributed by atoms with Crippen LogP contribution in [0.1, 0.15) is 5.56 Å². The highest BCUT2D eigenvalue weighted by molar-refractivity contribution is 7.89. The molecule has 0 atom stereocenters. The number of terminal acetylenes is 1. The summed E-state index contributed by atoms with van der Waals surface area (Å²) < 4.78 is 27.9. The molecule has 1 heterocycles. The molecule has 2 aromatic carbocycles. The first-order chi connectivity index (χ1) is 11.9. The lowest BCUT2D eigenvalue weighted by Crippen LogP contribution is -2.11. The number of nitrogens with two attached hydrogens (primary N) is 1. The minimum Gasteiger partial charge on any atom is -0.494 e. The predicted octanol–water partition coefficient (Wildman–Crippen LogP) is 2.01. The number of sulfonamides is 1. The number of primary sulfonamides is 1. The van der Waals surface area contributed by atoms with Crippen molar-refractivity contribution in [3.8, 4) is 18.1 Å². The van der Waals surface area contributed by atoms with Crippen LogP contribution < -0.4 is 15.2 Å². The van der Waals surface area contributed by atoms with E-state index in [-0.39, 0.29) is 4.90 Å². The van der Waals surface area contributed by atoms with E-state index in [1.165, 1.54) is 19.2 Å². The van der Waals surface area contributed by atoms with Gasteiger partial charge in [-0.05, 0) is 36.4 Å². The molecule has 126 valence electrons. The van der Waals surface area contributed by atoms with Crippen LogP contribution in [-0.2, 0) is 10.0 Å². The SMILES string of the molecule is C#Cc1cc(OC)c2nc(Nc3ccc(S(N)(=O)=O)cc3)ncc2c1. The van der Waals surface area contributed by atoms with Crippen LogP contribution in [0.4, 0.5) is 11.6 Å². The van der Waals surface area contributed by atoms with Gasteiger partial charge >= 0.3 is 0 Å². The molecule has 25 heavy (non-hydrogen) atoms. The number of hydrogen-bond acceptors (Lipinski definition) is 6. The van der Waals surface area contributed by atoms with Crippen LogP contribution in [0, 0.1) is 12.3 Å². The summed E-state index contributed by atoms with van der Waals surface area (Å²) in [6, 6.07) is 9.47. The van der Waals surface area contributed by atoms with Crippen LogP contribution in [0.3, 0.4) is 0 Å². The first-order valence-electron chi connectivity index (χ1n) is 7.12. The maximum Gasteiger partial charge on any atom is 0.238 e. The Morgan fingerprint density at radius 2 is 1.96 bits per heavy atom. The van der Waals surface area contributed by atoms with Crippen molar-refractivity contribution in [3.05, 3.63) is 48.2 Å². The smallest absolute Gasteiger partial charge is 0.238 e. The summed E-state index contributed by atoms with van der Waals surface area (Å²) in [7, 11) is -2.19. The number of nitrogens with one attached hydrogen (secondary N) is 1. The Balaban J connectivity index is 1.96. The van der Waals surface area contributed by atoms with E-state index in [0.717, 1.165) is 5.39 Å². The summed E-state index contributed by atoms with van der Waals surface area (Å²) in [6.45, 7) is 0. The number of anilines is 2. The normalized spacial score (nSPS) is 11.1. The maximum atomic E-state index is 11.3. The van der Waals surface area contributed by atoms with Gasteiger partial charge in [-0.3, -0.25) is 0 Å². The van der Waals surface area contributed by atoms with E-state index in [9.17, 15) is 8.42 Å². The molecule has 0 amide bonds. The maximum absolute atomic E-state index is 11.3. The number of rotatable bonds is 4. The number of aromatic nitrogens is 2. The van der Waals surface area contributed by atoms with Crippen molar-refractivity contribution in [2.45, 2.75) is 4.90 Å². The van der Waals surface area contributed by atoms with Crippen molar-refractivity contribution < 1.29 is 13.2 Å². The number of nitrogens with zero attached hydrogens (tertiary/aromatic N) is 2. The molecule has 0 saturated carbocycles. The minimum atomic E-state index is -3.73. The average Bonchev–Trinajstić information content (AvgIpc) is 2.60. The van der Waals surface area contributed by atoms with Crippen LogP contribution in [0.2, 0.25) is 0 Å². The number of ether oxygens (including phenoxy) is 1. The fourth-order valence-electron chi connectivity index (χ4n) is 2.27. The van der Waals surface area contributed by atoms with Crippen molar-refractivity contribution in [1.82, 2.24) is 9.97 Å². The van der Waals surface area contributed by atoms with E-state index in [0.29, 0.717) is 28.5 Å². The molecule has 0 unspecified atom stereocenters. The van der Waals surface area contributed by atoms with Crippen molar-refractivity contribution in [2.75, 3.05) is 12.4 Å². The quantitative estimate of drug-likeness (QED) is 0.694. The topological polar surface area (TPSA) is 107 Å². The standard InChI is InChI=1S/C17H14N4O3S/c1-3-11-8-12-10-19-17(21-16(12)15(9-11)24-2)20-13-4-6-14(7-5-13)25(18,22)23/h1,4-10H,2H3,(H2,18,22,23)(H,19,20,21). The second-order valence-electron chi connectivity index (χ2n) is 5.15. The molecule has 1 aromatic heterocycles. The van der Waals surface area contributed by atoms with Gasteiger partial charge in [-0.1, -0.05) is 5.92 Å². The lowest BCUT2D eigenvalue weighted by Gasteiger charge is -2.09. The largest absolute Gasteiger partial charge is 0.494 e. The van der Waals surface area contributed by atoms with Crippen LogP contribution in [0.5, 0.6) is 5.75 Å². The molecule has 3 N–H and O–H groups in total. The van der Waals surface area contributed by atoms with Gasteiger partial charge in [0.1, 0.15) is 11.3 Å². The highest BCUT2D eigenvalue weighted by Crippen LogP contribution is 2.27. The Morgan fingerprint density at radius 1 is 1.24 bits per heavy atom. The fraction of sp³-hybridized carbons (Fsp3) is 0.0588. The minimum absolute atomic E-state index is 0.0287. The van der Waals surface area contributed by atoms with Crippen molar-refractivity contribution in [1.29, 1.82) is 0 Å². The van der Waals surface area contributed by atoms with Gasteiger partial charge in [-0.25, -0.2) is 23.5 Å². The molecule has 0 aliphatic rings. The van der Waals surface area contributed by atoms with Gasteiger partial charge in [0.15, 0.2) is 0 Å². The second-order valence-corrected chi connectivity index (χ2v) is 6.71. The second kappa shape index (κ2) is 6.39. The van der Waals surface area contributed by atoms with Crippen LogP contribution in [0.15, 0.2) is 47.5 Å². The third-order valence-corrected chi connectivity index (χ3v) is 4.40. The summed E-state index contributed by atoms with van der Waals surface area (Å²) in [4.78, 5) is 8.69. The van der Waals surface area contributed by atoms with Crippen LogP contribution in [-0.4, -0.2) is 25.5 Å². The van der Waals surface area contributed by atoms with Gasteiger partial charge in [0.2, 0.25) is 16.0 Å². The zero-order chi connectivity index (χ0) is 18.0. The lowest BCUT2D eigenvalue weighted by atomic mass is 10.1. The molecule has 0 bridgehead atoms. The number of benzene rings is 2. The van der Waals surface area contributed by atoms with E-state index >= 15 is 0 Å². The van der Waals surface area contributed by atoms with E-state index in [1.807, 2.05) is 0 Å². The monoisotopic (exact) mass is 354 g/mol. The first-order valence-corrected chi connectivity index (χ1v) is 8.66. The molecule has 0 spiro atoms. The molecule has 0 saturated heterocycles. The molecule has 3 aromatic rings. The molecular weight excluding hydrogens is 340 g/mol. The van der Waals surface area contributed by atoms with Crippen LogP contribution >= 0.6 is 0 Å². The zero-order valence-electron chi connectivity index (χ0n) is 13.2. The zero-order valence-corrected chi connectivity index (χ0v) is 14.0. The Bertz CT molecular complexity index is 1090. The number of fused-ring (bicyclic) bond motifs is 1. The molecule has 0 radical (unpaired) electrons. The Labute approximate surface area is 144 Å². The van der Waals surface area contributed by atoms with Gasteiger partial charge in [-0.15, -0.1) is 6.42 Å². The molecular formula is C17H14N4O3S. The van der Waals surface area contributed by atoms with E-state index in [4.69, 9.17) is 16.3 Å². The van der Waals surface area contributed by atoms with Crippen molar-refractivity contribution in [3.63, 3.8) is 0 Å². The highest BCUT2D eigenvalue weighted by Gasteiger charge is 2.09. The van der Waals surface area contributed by atoms with Gasteiger partial charge in [0, 0.05) is 22.8 Å². The third kappa shape index (κ3) is 3.52. The molecule has 0 fully saturated rings. The molecule has 3 rings (SSSR count). The number of hydrogen-bond donors (Lipinski definition) is 2. The van der Waals surface area contributed by atoms with Crippen molar-refractivity contribution >= 4 is 32.6 Å². The fourth-order valence-corrected chi connectivity index (χ4v) is 2.78. The summed E-state index contributed by atoms with van der Waals surface area (Å²) in [6.07, 6.45) is 7.06. The first kappa shape index (κ1) is 16.7. The molecule has 7 nitrogen and oxygen atoms in total. The van der Waals surface area contributed by atoms with Gasteiger partial charge in [0.25, 0.3) is 0 Å². The molecule has 0 aliphatic heterocycles. The van der Waals surface area contributed by atoms with E-state index in [1.54, 1.807) is 30.5 Å². The summed E-state index contributed by atoms with van der Waals surface area (Å²) in [5, 5.41) is 8.83. The highest BCUT2D eigenvalue weighted by atomic mass is 32.2. The third-order valence-electron chi connectivity index (χ3n) is 3.47. The predicted molar refractivity (Wildman–Crippen MR) is 95.1 cm³/mol.